The molecular formula is C11H24N2O3S. The number of hydrogen-bond acceptors (Lipinski definition) is 4. The summed E-state index contributed by atoms with van der Waals surface area (Å²) in [6.45, 7) is 4.31. The number of nitrogens with two attached hydrogens (primary N) is 1. The second kappa shape index (κ2) is 7.31. The van der Waals surface area contributed by atoms with E-state index in [4.69, 9.17) is 10.5 Å². The lowest BCUT2D eigenvalue weighted by Crippen LogP contribution is -2.44. The molecule has 0 aromatic heterocycles. The summed E-state index contributed by atoms with van der Waals surface area (Å²) in [5.41, 5.74) is 5.35. The zero-order chi connectivity index (χ0) is 12.7. The molecule has 0 radical (unpaired) electrons. The number of rotatable bonds is 7. The van der Waals surface area contributed by atoms with E-state index in [1.54, 1.807) is 4.31 Å². The monoisotopic (exact) mass is 264 g/mol. The minimum Gasteiger partial charge on any atom is -0.377 e. The Hall–Kier alpha value is -0.170. The molecule has 1 rings (SSSR count). The van der Waals surface area contributed by atoms with Crippen molar-refractivity contribution in [1.82, 2.24) is 4.31 Å². The highest BCUT2D eigenvalue weighted by Gasteiger charge is 2.28. The number of sulfonamides is 1. The van der Waals surface area contributed by atoms with Crippen LogP contribution in [0.3, 0.4) is 0 Å². The largest absolute Gasteiger partial charge is 0.377 e. The number of piperidine rings is 1. The molecule has 0 bridgehead atoms. The average Bonchev–Trinajstić information content (AvgIpc) is 2.34. The maximum atomic E-state index is 12.0. The predicted octanol–water partition coefficient (Wildman–Crippen LogP) is 0.556. The Bertz CT molecular complexity index is 306. The van der Waals surface area contributed by atoms with E-state index in [2.05, 4.69) is 6.92 Å². The summed E-state index contributed by atoms with van der Waals surface area (Å²) in [4.78, 5) is 0. The van der Waals surface area contributed by atoms with Crippen molar-refractivity contribution in [1.29, 1.82) is 0 Å². The molecule has 0 aromatic carbocycles. The molecule has 1 aliphatic rings. The highest BCUT2D eigenvalue weighted by Crippen LogP contribution is 2.17. The molecule has 2 N–H and O–H groups in total. The first-order valence-electron chi connectivity index (χ1n) is 6.39. The van der Waals surface area contributed by atoms with Gasteiger partial charge in [-0.3, -0.25) is 0 Å². The lowest BCUT2D eigenvalue weighted by molar-refractivity contribution is 0.0193. The van der Waals surface area contributed by atoms with Crippen LogP contribution in [0.2, 0.25) is 0 Å². The number of hydrogen-bond donors (Lipinski definition) is 1. The Morgan fingerprint density at radius 2 is 2.24 bits per heavy atom. The third-order valence-electron chi connectivity index (χ3n) is 2.90. The first kappa shape index (κ1) is 14.9. The van der Waals surface area contributed by atoms with Crippen molar-refractivity contribution < 1.29 is 13.2 Å². The van der Waals surface area contributed by atoms with Crippen molar-refractivity contribution >= 4 is 10.0 Å². The van der Waals surface area contributed by atoms with E-state index in [1.807, 2.05) is 0 Å². The van der Waals surface area contributed by atoms with Gasteiger partial charge in [0.1, 0.15) is 0 Å². The van der Waals surface area contributed by atoms with Crippen LogP contribution in [0.1, 0.15) is 32.6 Å². The van der Waals surface area contributed by atoms with Gasteiger partial charge in [0.2, 0.25) is 10.0 Å². The van der Waals surface area contributed by atoms with Crippen molar-refractivity contribution in [2.24, 2.45) is 5.73 Å². The predicted molar refractivity (Wildman–Crippen MR) is 68.3 cm³/mol. The smallest absolute Gasteiger partial charge is 0.214 e. The van der Waals surface area contributed by atoms with E-state index in [0.717, 1.165) is 19.3 Å². The van der Waals surface area contributed by atoms with Gasteiger partial charge in [0, 0.05) is 19.7 Å². The zero-order valence-electron chi connectivity index (χ0n) is 10.6. The third-order valence-corrected chi connectivity index (χ3v) is 4.82. The Balaban J connectivity index is 2.47. The van der Waals surface area contributed by atoms with Crippen molar-refractivity contribution in [2.75, 3.05) is 32.0 Å². The molecule has 0 amide bonds. The summed E-state index contributed by atoms with van der Waals surface area (Å²) in [5, 5.41) is 0. The van der Waals surface area contributed by atoms with Gasteiger partial charge < -0.3 is 10.5 Å². The van der Waals surface area contributed by atoms with Gasteiger partial charge >= 0.3 is 0 Å². The number of nitrogens with zero attached hydrogens (tertiary/aromatic N) is 1. The molecule has 0 aliphatic carbocycles. The topological polar surface area (TPSA) is 72.6 Å². The van der Waals surface area contributed by atoms with Gasteiger partial charge in [-0.2, -0.15) is 4.31 Å². The molecule has 1 saturated heterocycles. The van der Waals surface area contributed by atoms with Crippen molar-refractivity contribution in [2.45, 2.75) is 38.7 Å². The summed E-state index contributed by atoms with van der Waals surface area (Å²) in [6.07, 6.45) is 3.41. The Kier molecular flexibility index (Phi) is 6.40. The van der Waals surface area contributed by atoms with Crippen molar-refractivity contribution in [3.8, 4) is 0 Å². The molecule has 1 atom stereocenters. The fourth-order valence-electron chi connectivity index (χ4n) is 1.97. The molecule has 1 aliphatic heterocycles. The van der Waals surface area contributed by atoms with Crippen LogP contribution in [0.15, 0.2) is 0 Å². The van der Waals surface area contributed by atoms with E-state index in [9.17, 15) is 8.42 Å². The van der Waals surface area contributed by atoms with Crippen LogP contribution in [-0.4, -0.2) is 50.8 Å². The Morgan fingerprint density at radius 3 is 2.88 bits per heavy atom. The molecule has 1 heterocycles. The standard InChI is InChI=1S/C11H24N2O3S/c1-2-8-16-11-5-3-7-13(10-11)17(14,15)9-4-6-12/h11H,2-10,12H2,1H3. The fraction of sp³-hybridized carbons (Fsp3) is 1.00. The zero-order valence-corrected chi connectivity index (χ0v) is 11.4. The summed E-state index contributed by atoms with van der Waals surface area (Å²) in [6, 6.07) is 0. The molecule has 17 heavy (non-hydrogen) atoms. The minimum atomic E-state index is -3.13. The average molecular weight is 264 g/mol. The van der Waals surface area contributed by atoms with Crippen LogP contribution in [0, 0.1) is 0 Å². The van der Waals surface area contributed by atoms with E-state index >= 15 is 0 Å². The van der Waals surface area contributed by atoms with Crippen LogP contribution in [-0.2, 0) is 14.8 Å². The van der Waals surface area contributed by atoms with Crippen molar-refractivity contribution in [3.05, 3.63) is 0 Å². The summed E-state index contributed by atoms with van der Waals surface area (Å²) >= 11 is 0. The van der Waals surface area contributed by atoms with E-state index in [1.165, 1.54) is 0 Å². The maximum absolute atomic E-state index is 12.0. The highest BCUT2D eigenvalue weighted by molar-refractivity contribution is 7.89. The van der Waals surface area contributed by atoms with E-state index in [0.29, 0.717) is 32.7 Å². The van der Waals surface area contributed by atoms with Gasteiger partial charge in [0.05, 0.1) is 11.9 Å². The van der Waals surface area contributed by atoms with Crippen LogP contribution in [0.5, 0.6) is 0 Å². The third kappa shape index (κ3) is 4.91. The van der Waals surface area contributed by atoms with Gasteiger partial charge in [-0.1, -0.05) is 6.92 Å². The normalized spacial score (nSPS) is 22.8. The number of ether oxygens (including phenoxy) is 1. The van der Waals surface area contributed by atoms with Gasteiger partial charge in [0.15, 0.2) is 0 Å². The maximum Gasteiger partial charge on any atom is 0.214 e. The molecule has 5 nitrogen and oxygen atoms in total. The van der Waals surface area contributed by atoms with Gasteiger partial charge in [0.25, 0.3) is 0 Å². The summed E-state index contributed by atoms with van der Waals surface area (Å²) in [7, 11) is -3.13. The van der Waals surface area contributed by atoms with Crippen LogP contribution in [0.4, 0.5) is 0 Å². The molecular weight excluding hydrogens is 240 g/mol. The summed E-state index contributed by atoms with van der Waals surface area (Å²) in [5.74, 6) is 0.157. The van der Waals surface area contributed by atoms with Crippen LogP contribution in [0.25, 0.3) is 0 Å². The van der Waals surface area contributed by atoms with Gasteiger partial charge in [-0.25, -0.2) is 8.42 Å². The van der Waals surface area contributed by atoms with Crippen molar-refractivity contribution in [3.63, 3.8) is 0 Å². The van der Waals surface area contributed by atoms with Crippen LogP contribution >= 0.6 is 0 Å². The molecule has 1 fully saturated rings. The lowest BCUT2D eigenvalue weighted by atomic mass is 10.1. The lowest BCUT2D eigenvalue weighted by Gasteiger charge is -2.31. The molecule has 0 spiro atoms. The second-order valence-corrected chi connectivity index (χ2v) is 6.54. The highest BCUT2D eigenvalue weighted by atomic mass is 32.2. The first-order chi connectivity index (χ1) is 8.10. The minimum absolute atomic E-state index is 0.0661. The molecule has 0 saturated carbocycles. The quantitative estimate of drug-likeness (QED) is 0.729. The Labute approximate surface area is 104 Å². The SMILES string of the molecule is CCCOC1CCCN(S(=O)(=O)CCCN)C1. The van der Waals surface area contributed by atoms with Gasteiger partial charge in [-0.15, -0.1) is 0 Å². The second-order valence-electron chi connectivity index (χ2n) is 4.45. The Morgan fingerprint density at radius 1 is 1.47 bits per heavy atom. The summed E-state index contributed by atoms with van der Waals surface area (Å²) < 4.78 is 31.2. The molecule has 6 heteroatoms. The van der Waals surface area contributed by atoms with E-state index < -0.39 is 10.0 Å². The molecule has 102 valence electrons. The van der Waals surface area contributed by atoms with Gasteiger partial charge in [-0.05, 0) is 32.2 Å². The first-order valence-corrected chi connectivity index (χ1v) is 8.00. The van der Waals surface area contributed by atoms with Crippen LogP contribution < -0.4 is 5.73 Å². The fourth-order valence-corrected chi connectivity index (χ4v) is 3.56. The molecule has 1 unspecified atom stereocenters. The van der Waals surface area contributed by atoms with E-state index in [-0.39, 0.29) is 11.9 Å². The molecule has 0 aromatic rings.